The molecule has 3 unspecified atom stereocenters. The number of amides is 1. The van der Waals surface area contributed by atoms with Crippen LogP contribution < -0.4 is 16.2 Å². The minimum absolute atomic E-state index is 0.00156. The summed E-state index contributed by atoms with van der Waals surface area (Å²) in [6, 6.07) is 12.0. The molecule has 23 heavy (non-hydrogen) atoms. The zero-order valence-electron chi connectivity index (χ0n) is 13.7. The van der Waals surface area contributed by atoms with Crippen LogP contribution in [0.25, 0.3) is 0 Å². The first-order chi connectivity index (χ1) is 11.0. The maximum absolute atomic E-state index is 12.5. The minimum atomic E-state index is -0.240. The van der Waals surface area contributed by atoms with Gasteiger partial charge in [-0.1, -0.05) is 30.3 Å². The van der Waals surface area contributed by atoms with Crippen LogP contribution in [0.3, 0.4) is 0 Å². The molecule has 0 aliphatic carbocycles. The van der Waals surface area contributed by atoms with Crippen molar-refractivity contribution in [2.75, 3.05) is 0 Å². The lowest BCUT2D eigenvalue weighted by Crippen LogP contribution is -2.43. The van der Waals surface area contributed by atoms with Gasteiger partial charge in [0.15, 0.2) is 0 Å². The Hall–Kier alpha value is -2.11. The largest absolute Gasteiger partial charge is 0.466 e. The van der Waals surface area contributed by atoms with Gasteiger partial charge in [-0.15, -0.1) is 0 Å². The van der Waals surface area contributed by atoms with E-state index in [-0.39, 0.29) is 24.0 Å². The van der Waals surface area contributed by atoms with E-state index in [1.54, 1.807) is 0 Å². The Balaban J connectivity index is 1.60. The Bertz CT molecular complexity index is 681. The summed E-state index contributed by atoms with van der Waals surface area (Å²) < 4.78 is 5.54. The molecule has 1 aromatic carbocycles. The second-order valence-electron chi connectivity index (χ2n) is 6.14. The van der Waals surface area contributed by atoms with Gasteiger partial charge in [0.25, 0.3) is 0 Å². The van der Waals surface area contributed by atoms with Crippen LogP contribution in [-0.2, 0) is 4.79 Å². The van der Waals surface area contributed by atoms with E-state index in [4.69, 9.17) is 4.42 Å². The highest BCUT2D eigenvalue weighted by atomic mass is 16.3. The zero-order valence-corrected chi connectivity index (χ0v) is 13.7. The molecular weight excluding hydrogens is 290 g/mol. The van der Waals surface area contributed by atoms with Crippen molar-refractivity contribution in [3.8, 4) is 0 Å². The second kappa shape index (κ2) is 6.56. The topological polar surface area (TPSA) is 66.3 Å². The molecule has 1 aromatic heterocycles. The number of hydrogen-bond acceptors (Lipinski definition) is 4. The number of benzene rings is 1. The molecule has 0 radical (unpaired) electrons. The summed E-state index contributed by atoms with van der Waals surface area (Å²) in [5.41, 5.74) is 8.51. The van der Waals surface area contributed by atoms with Crippen molar-refractivity contribution in [3.63, 3.8) is 0 Å². The number of hydrogen-bond donors (Lipinski definition) is 3. The van der Waals surface area contributed by atoms with Crippen LogP contribution in [0.15, 0.2) is 40.8 Å². The monoisotopic (exact) mass is 313 g/mol. The normalized spacial score (nSPS) is 22.0. The molecule has 1 amide bonds. The van der Waals surface area contributed by atoms with Gasteiger partial charge in [-0.2, -0.15) is 0 Å². The molecule has 1 aliphatic rings. The molecule has 2 aromatic rings. The van der Waals surface area contributed by atoms with Crippen LogP contribution in [0, 0.1) is 13.8 Å². The van der Waals surface area contributed by atoms with Crippen molar-refractivity contribution < 1.29 is 9.21 Å². The van der Waals surface area contributed by atoms with Crippen LogP contribution in [0.2, 0.25) is 0 Å². The summed E-state index contributed by atoms with van der Waals surface area (Å²) in [6.07, 6.45) is 0.728. The highest BCUT2D eigenvalue weighted by Gasteiger charge is 2.31. The van der Waals surface area contributed by atoms with Gasteiger partial charge in [-0.05, 0) is 38.8 Å². The zero-order chi connectivity index (χ0) is 16.4. The number of rotatable bonds is 4. The van der Waals surface area contributed by atoms with Crippen LogP contribution in [0.4, 0.5) is 0 Å². The van der Waals surface area contributed by atoms with Crippen molar-refractivity contribution in [1.82, 2.24) is 16.2 Å². The fourth-order valence-corrected chi connectivity index (χ4v) is 3.10. The molecule has 3 N–H and O–H groups in total. The van der Waals surface area contributed by atoms with Crippen molar-refractivity contribution in [2.24, 2.45) is 0 Å². The van der Waals surface area contributed by atoms with Crippen LogP contribution in [0.1, 0.15) is 48.1 Å². The summed E-state index contributed by atoms with van der Waals surface area (Å²) in [5, 5.41) is 3.06. The van der Waals surface area contributed by atoms with Crippen molar-refractivity contribution >= 4 is 5.91 Å². The molecule has 5 heteroatoms. The van der Waals surface area contributed by atoms with Gasteiger partial charge in [-0.25, -0.2) is 10.9 Å². The molecule has 0 spiro atoms. The smallest absolute Gasteiger partial charge is 0.239 e. The number of hydrazine groups is 1. The van der Waals surface area contributed by atoms with Crippen LogP contribution in [-0.4, -0.2) is 11.9 Å². The fourth-order valence-electron chi connectivity index (χ4n) is 3.10. The standard InChI is InChI=1S/C18H23N3O2/c1-11-9-15(13(3)23-11)12(2)19-18(22)17-10-16(20-21-17)14-7-5-4-6-8-14/h4-9,12,16-17,20-21H,10H2,1-3H3,(H,19,22). The summed E-state index contributed by atoms with van der Waals surface area (Å²) >= 11 is 0. The van der Waals surface area contributed by atoms with Gasteiger partial charge in [0.1, 0.15) is 17.6 Å². The SMILES string of the molecule is Cc1cc(C(C)NC(=O)C2CC(c3ccccc3)NN2)c(C)o1. The molecule has 122 valence electrons. The van der Waals surface area contributed by atoms with Gasteiger partial charge in [-0.3, -0.25) is 4.79 Å². The number of carbonyl (C=O) groups is 1. The second-order valence-corrected chi connectivity index (χ2v) is 6.14. The van der Waals surface area contributed by atoms with E-state index in [1.165, 1.54) is 5.56 Å². The summed E-state index contributed by atoms with van der Waals surface area (Å²) in [7, 11) is 0. The Morgan fingerprint density at radius 2 is 2.00 bits per heavy atom. The molecule has 1 fully saturated rings. The first-order valence-corrected chi connectivity index (χ1v) is 7.98. The van der Waals surface area contributed by atoms with Crippen molar-refractivity contribution in [1.29, 1.82) is 0 Å². The molecule has 5 nitrogen and oxygen atoms in total. The lowest BCUT2D eigenvalue weighted by Gasteiger charge is -2.16. The minimum Gasteiger partial charge on any atom is -0.466 e. The van der Waals surface area contributed by atoms with Gasteiger partial charge in [0, 0.05) is 11.6 Å². The number of furan rings is 1. The third-order valence-corrected chi connectivity index (χ3v) is 4.33. The highest BCUT2D eigenvalue weighted by Crippen LogP contribution is 2.24. The summed E-state index contributed by atoms with van der Waals surface area (Å²) in [6.45, 7) is 5.82. The fraction of sp³-hybridized carbons (Fsp3) is 0.389. The van der Waals surface area contributed by atoms with E-state index in [0.29, 0.717) is 0 Å². The Morgan fingerprint density at radius 1 is 1.26 bits per heavy atom. The Kier molecular flexibility index (Phi) is 4.50. The summed E-state index contributed by atoms with van der Waals surface area (Å²) in [5.74, 6) is 1.72. The van der Waals surface area contributed by atoms with Crippen molar-refractivity contribution in [2.45, 2.75) is 45.3 Å². The molecule has 1 saturated heterocycles. The third kappa shape index (κ3) is 3.46. The van der Waals surface area contributed by atoms with Gasteiger partial charge >= 0.3 is 0 Å². The van der Waals surface area contributed by atoms with E-state index >= 15 is 0 Å². The molecule has 3 rings (SSSR count). The number of nitrogens with one attached hydrogen (secondary N) is 3. The van der Waals surface area contributed by atoms with E-state index in [0.717, 1.165) is 23.5 Å². The average Bonchev–Trinajstić information content (AvgIpc) is 3.15. The lowest BCUT2D eigenvalue weighted by atomic mass is 10.0. The van der Waals surface area contributed by atoms with E-state index < -0.39 is 0 Å². The van der Waals surface area contributed by atoms with E-state index in [9.17, 15) is 4.79 Å². The van der Waals surface area contributed by atoms with Crippen molar-refractivity contribution in [3.05, 3.63) is 59.0 Å². The van der Waals surface area contributed by atoms with E-state index in [1.807, 2.05) is 45.0 Å². The van der Waals surface area contributed by atoms with E-state index in [2.05, 4.69) is 28.3 Å². The van der Waals surface area contributed by atoms with Crippen LogP contribution >= 0.6 is 0 Å². The molecule has 1 aliphatic heterocycles. The van der Waals surface area contributed by atoms with Gasteiger partial charge < -0.3 is 9.73 Å². The summed E-state index contributed by atoms with van der Waals surface area (Å²) in [4.78, 5) is 12.5. The average molecular weight is 313 g/mol. The maximum Gasteiger partial charge on any atom is 0.239 e. The predicted molar refractivity (Wildman–Crippen MR) is 88.6 cm³/mol. The lowest BCUT2D eigenvalue weighted by molar-refractivity contribution is -0.123. The number of carbonyl (C=O) groups excluding carboxylic acids is 1. The third-order valence-electron chi connectivity index (χ3n) is 4.33. The highest BCUT2D eigenvalue weighted by molar-refractivity contribution is 5.82. The Morgan fingerprint density at radius 3 is 2.65 bits per heavy atom. The molecule has 3 atom stereocenters. The first-order valence-electron chi connectivity index (χ1n) is 7.98. The molecular formula is C18H23N3O2. The molecule has 0 bridgehead atoms. The number of aryl methyl sites for hydroxylation is 2. The molecule has 0 saturated carbocycles. The van der Waals surface area contributed by atoms with Gasteiger partial charge in [0.2, 0.25) is 5.91 Å². The Labute approximate surface area is 136 Å². The predicted octanol–water partition coefficient (Wildman–Crippen LogP) is 2.68. The maximum atomic E-state index is 12.5. The molecule has 2 heterocycles. The quantitative estimate of drug-likeness (QED) is 0.812. The first kappa shape index (κ1) is 15.8. The van der Waals surface area contributed by atoms with Crippen LogP contribution in [0.5, 0.6) is 0 Å². The van der Waals surface area contributed by atoms with Gasteiger partial charge in [0.05, 0.1) is 6.04 Å².